The molecule has 3 N–H and O–H groups in total. The molecule has 160 valence electrons. The first-order valence-electron chi connectivity index (χ1n) is 10.7. The van der Waals surface area contributed by atoms with Gasteiger partial charge in [-0.1, -0.05) is 24.8 Å². The molecule has 2 unspecified atom stereocenters. The summed E-state index contributed by atoms with van der Waals surface area (Å²) in [4.78, 5) is 31.3. The van der Waals surface area contributed by atoms with Crippen molar-refractivity contribution in [2.45, 2.75) is 12.8 Å². The van der Waals surface area contributed by atoms with Gasteiger partial charge < -0.3 is 20.5 Å². The number of rotatable bonds is 3. The molecule has 6 nitrogen and oxygen atoms in total. The van der Waals surface area contributed by atoms with E-state index in [1.54, 1.807) is 0 Å². The third kappa shape index (κ3) is 3.15. The van der Waals surface area contributed by atoms with Crippen molar-refractivity contribution in [1.82, 2.24) is 9.88 Å². The predicted molar refractivity (Wildman–Crippen MR) is 119 cm³/mol. The summed E-state index contributed by atoms with van der Waals surface area (Å²) < 4.78 is 15.5. The van der Waals surface area contributed by atoms with E-state index in [1.807, 2.05) is 29.2 Å². The summed E-state index contributed by atoms with van der Waals surface area (Å²) in [6.45, 7) is 6.40. The SMILES string of the molecule is C=CC(=O)N1CCC2CCN(c3c(F)cc(C(N)=O)c4[nH]c5ccccc5c34)CC2C1. The number of para-hydroxylation sites is 1. The van der Waals surface area contributed by atoms with Crippen LogP contribution in [-0.2, 0) is 4.79 Å². The number of benzene rings is 2. The van der Waals surface area contributed by atoms with Gasteiger partial charge in [0.1, 0.15) is 5.82 Å². The number of hydrogen-bond donors (Lipinski definition) is 2. The van der Waals surface area contributed by atoms with Crippen molar-refractivity contribution in [3.63, 3.8) is 0 Å². The van der Waals surface area contributed by atoms with Crippen LogP contribution >= 0.6 is 0 Å². The predicted octanol–water partition coefficient (Wildman–Crippen LogP) is 3.42. The Kier molecular flexibility index (Phi) is 4.68. The second kappa shape index (κ2) is 7.41. The molecule has 2 aromatic carbocycles. The van der Waals surface area contributed by atoms with Crippen molar-refractivity contribution in [3.8, 4) is 0 Å². The van der Waals surface area contributed by atoms with Crippen molar-refractivity contribution >= 4 is 39.3 Å². The minimum Gasteiger partial charge on any atom is -0.368 e. The summed E-state index contributed by atoms with van der Waals surface area (Å²) in [6.07, 6.45) is 3.27. The highest BCUT2D eigenvalue weighted by molar-refractivity contribution is 6.19. The normalized spacial score (nSPS) is 21.3. The van der Waals surface area contributed by atoms with Crippen LogP contribution in [0, 0.1) is 17.7 Å². The van der Waals surface area contributed by atoms with Gasteiger partial charge in [-0.25, -0.2) is 4.39 Å². The first-order chi connectivity index (χ1) is 15.0. The molecular formula is C24H25FN4O2. The van der Waals surface area contributed by atoms with Crippen LogP contribution in [-0.4, -0.2) is 47.9 Å². The lowest BCUT2D eigenvalue weighted by molar-refractivity contribution is -0.128. The fraction of sp³-hybridized carbons (Fsp3) is 0.333. The number of aromatic amines is 1. The van der Waals surface area contributed by atoms with Crippen LogP contribution < -0.4 is 10.6 Å². The fourth-order valence-corrected chi connectivity index (χ4v) is 5.38. The highest BCUT2D eigenvalue weighted by Crippen LogP contribution is 2.41. The zero-order valence-electron chi connectivity index (χ0n) is 17.2. The number of carbonyl (C=O) groups excluding carboxylic acids is 2. The molecule has 1 aromatic heterocycles. The molecule has 2 amide bonds. The second-order valence-electron chi connectivity index (χ2n) is 8.57. The number of carbonyl (C=O) groups is 2. The molecule has 2 fully saturated rings. The summed E-state index contributed by atoms with van der Waals surface area (Å²) in [6, 6.07) is 8.89. The molecule has 3 aromatic rings. The quantitative estimate of drug-likeness (QED) is 0.637. The van der Waals surface area contributed by atoms with Gasteiger partial charge in [-0.15, -0.1) is 0 Å². The van der Waals surface area contributed by atoms with E-state index < -0.39 is 11.7 Å². The van der Waals surface area contributed by atoms with Gasteiger partial charge in [0.15, 0.2) is 0 Å². The first kappa shape index (κ1) is 19.6. The topological polar surface area (TPSA) is 82.4 Å². The molecule has 2 aliphatic heterocycles. The second-order valence-corrected chi connectivity index (χ2v) is 8.57. The van der Waals surface area contributed by atoms with Crippen molar-refractivity contribution in [3.05, 3.63) is 54.4 Å². The fourth-order valence-electron chi connectivity index (χ4n) is 5.38. The van der Waals surface area contributed by atoms with E-state index in [2.05, 4.69) is 16.5 Å². The third-order valence-electron chi connectivity index (χ3n) is 6.89. The van der Waals surface area contributed by atoms with Crippen LogP contribution in [0.2, 0.25) is 0 Å². The third-order valence-corrected chi connectivity index (χ3v) is 6.89. The van der Waals surface area contributed by atoms with Crippen LogP contribution in [0.3, 0.4) is 0 Å². The smallest absolute Gasteiger partial charge is 0.250 e. The van der Waals surface area contributed by atoms with Gasteiger partial charge in [-0.2, -0.15) is 0 Å². The van der Waals surface area contributed by atoms with Gasteiger partial charge >= 0.3 is 0 Å². The first-order valence-corrected chi connectivity index (χ1v) is 10.7. The van der Waals surface area contributed by atoms with E-state index >= 15 is 4.39 Å². The maximum absolute atomic E-state index is 15.5. The summed E-state index contributed by atoms with van der Waals surface area (Å²) in [5.41, 5.74) is 7.62. The van der Waals surface area contributed by atoms with E-state index in [-0.39, 0.29) is 17.4 Å². The summed E-state index contributed by atoms with van der Waals surface area (Å²) >= 11 is 0. The zero-order chi connectivity index (χ0) is 21.7. The number of nitrogens with zero attached hydrogens (tertiary/aromatic N) is 2. The van der Waals surface area contributed by atoms with E-state index in [9.17, 15) is 9.59 Å². The Hall–Kier alpha value is -3.35. The van der Waals surface area contributed by atoms with E-state index in [1.165, 1.54) is 12.1 Å². The number of piperidine rings is 2. The van der Waals surface area contributed by atoms with E-state index in [0.717, 1.165) is 36.8 Å². The molecule has 2 aliphatic rings. The standard InChI is InChI=1S/C24H25FN4O2/c1-2-20(30)28-9-7-14-8-10-29(13-15(14)12-28)23-18(25)11-17(24(26)31)22-21(23)16-5-3-4-6-19(16)27-22/h2-6,11,14-15,27H,1,7-10,12-13H2,(H2,26,31). The maximum Gasteiger partial charge on any atom is 0.250 e. The summed E-state index contributed by atoms with van der Waals surface area (Å²) in [7, 11) is 0. The molecule has 3 heterocycles. The van der Waals surface area contributed by atoms with Crippen LogP contribution in [0.1, 0.15) is 23.2 Å². The van der Waals surface area contributed by atoms with Gasteiger partial charge in [-0.3, -0.25) is 9.59 Å². The minimum absolute atomic E-state index is 0.0495. The highest BCUT2D eigenvalue weighted by Gasteiger charge is 2.36. The summed E-state index contributed by atoms with van der Waals surface area (Å²) in [5, 5.41) is 1.56. The highest BCUT2D eigenvalue weighted by atomic mass is 19.1. The molecule has 2 saturated heterocycles. The number of fused-ring (bicyclic) bond motifs is 4. The number of nitrogens with one attached hydrogen (secondary N) is 1. The maximum atomic E-state index is 15.5. The molecule has 0 saturated carbocycles. The number of H-pyrrole nitrogens is 1. The molecule has 5 rings (SSSR count). The lowest BCUT2D eigenvalue weighted by Crippen LogP contribution is -2.51. The van der Waals surface area contributed by atoms with Crippen LogP contribution in [0.25, 0.3) is 21.8 Å². The molecule has 0 radical (unpaired) electrons. The van der Waals surface area contributed by atoms with Gasteiger partial charge in [0.05, 0.1) is 16.8 Å². The van der Waals surface area contributed by atoms with Gasteiger partial charge in [-0.05, 0) is 42.9 Å². The Balaban J connectivity index is 1.59. The average molecular weight is 420 g/mol. The van der Waals surface area contributed by atoms with E-state index in [0.29, 0.717) is 35.6 Å². The van der Waals surface area contributed by atoms with E-state index in [4.69, 9.17) is 5.73 Å². The van der Waals surface area contributed by atoms with Crippen molar-refractivity contribution in [2.75, 3.05) is 31.1 Å². The number of halogens is 1. The Bertz CT molecular complexity index is 1220. The lowest BCUT2D eigenvalue weighted by Gasteiger charge is -2.45. The van der Waals surface area contributed by atoms with Crippen molar-refractivity contribution < 1.29 is 14.0 Å². The molecular weight excluding hydrogens is 395 g/mol. The summed E-state index contributed by atoms with van der Waals surface area (Å²) in [5.74, 6) is -0.365. The van der Waals surface area contributed by atoms with Crippen molar-refractivity contribution in [2.24, 2.45) is 17.6 Å². The number of amides is 2. The largest absolute Gasteiger partial charge is 0.368 e. The Morgan fingerprint density at radius 1 is 1.16 bits per heavy atom. The number of anilines is 1. The Labute approximate surface area is 179 Å². The molecule has 7 heteroatoms. The van der Waals surface area contributed by atoms with Gasteiger partial charge in [0, 0.05) is 42.5 Å². The molecule has 31 heavy (non-hydrogen) atoms. The minimum atomic E-state index is -0.661. The van der Waals surface area contributed by atoms with Gasteiger partial charge in [0.25, 0.3) is 5.91 Å². The molecule has 0 bridgehead atoms. The van der Waals surface area contributed by atoms with Crippen molar-refractivity contribution in [1.29, 1.82) is 0 Å². The number of likely N-dealkylation sites (tertiary alicyclic amines) is 1. The van der Waals surface area contributed by atoms with Crippen LogP contribution in [0.5, 0.6) is 0 Å². The Morgan fingerprint density at radius 2 is 1.94 bits per heavy atom. The monoisotopic (exact) mass is 420 g/mol. The van der Waals surface area contributed by atoms with Crippen LogP contribution in [0.15, 0.2) is 43.0 Å². The number of nitrogens with two attached hydrogens (primary N) is 1. The molecule has 0 spiro atoms. The van der Waals surface area contributed by atoms with Crippen LogP contribution in [0.4, 0.5) is 10.1 Å². The number of hydrogen-bond acceptors (Lipinski definition) is 3. The molecule has 0 aliphatic carbocycles. The van der Waals surface area contributed by atoms with Gasteiger partial charge in [0.2, 0.25) is 5.91 Å². The Morgan fingerprint density at radius 3 is 2.71 bits per heavy atom. The number of primary amides is 1. The average Bonchev–Trinajstić information content (AvgIpc) is 3.16. The lowest BCUT2D eigenvalue weighted by atomic mass is 9.79. The molecule has 2 atom stereocenters. The zero-order valence-corrected chi connectivity index (χ0v) is 17.2. The number of aromatic nitrogens is 1.